The Morgan fingerprint density at radius 1 is 1.04 bits per heavy atom. The third kappa shape index (κ3) is 3.20. The number of rotatable bonds is 3. The zero-order valence-electron chi connectivity index (χ0n) is 15.6. The molecular formula is C21H23N3O3. The fourth-order valence-corrected chi connectivity index (χ4v) is 4.38. The van der Waals surface area contributed by atoms with E-state index in [4.69, 9.17) is 5.10 Å². The van der Waals surface area contributed by atoms with Gasteiger partial charge in [0.2, 0.25) is 11.8 Å². The molecule has 1 fully saturated rings. The molecule has 140 valence electrons. The van der Waals surface area contributed by atoms with Crippen LogP contribution in [0.2, 0.25) is 0 Å². The number of piperidine rings is 1. The van der Waals surface area contributed by atoms with Gasteiger partial charge in [0.1, 0.15) is 0 Å². The number of hydrogen-bond donors (Lipinski definition) is 1. The first-order valence-corrected chi connectivity index (χ1v) is 9.48. The summed E-state index contributed by atoms with van der Waals surface area (Å²) in [4.78, 5) is 36.5. The summed E-state index contributed by atoms with van der Waals surface area (Å²) in [7, 11) is 0. The first kappa shape index (κ1) is 17.6. The maximum atomic E-state index is 13.0. The lowest BCUT2D eigenvalue weighted by molar-refractivity contribution is -0.134. The van der Waals surface area contributed by atoms with Gasteiger partial charge < -0.3 is 0 Å². The normalized spacial score (nSPS) is 23.3. The predicted molar refractivity (Wildman–Crippen MR) is 99.7 cm³/mol. The van der Waals surface area contributed by atoms with Crippen LogP contribution in [0.25, 0.3) is 5.69 Å². The number of para-hydroxylation sites is 1. The van der Waals surface area contributed by atoms with E-state index in [0.717, 1.165) is 17.8 Å². The second-order valence-corrected chi connectivity index (χ2v) is 7.81. The number of amides is 2. The van der Waals surface area contributed by atoms with Crippen molar-refractivity contribution in [2.45, 2.75) is 45.4 Å². The van der Waals surface area contributed by atoms with Crippen molar-refractivity contribution in [2.75, 3.05) is 0 Å². The summed E-state index contributed by atoms with van der Waals surface area (Å²) in [6.07, 6.45) is 1.84. The summed E-state index contributed by atoms with van der Waals surface area (Å²) in [6.45, 7) is 4.09. The highest BCUT2D eigenvalue weighted by Crippen LogP contribution is 2.38. The molecule has 1 saturated heterocycles. The fraction of sp³-hybridized carbons (Fsp3) is 0.429. The average Bonchev–Trinajstić information content (AvgIpc) is 2.99. The Bertz CT molecular complexity index is 900. The van der Waals surface area contributed by atoms with Crippen LogP contribution in [0, 0.1) is 11.8 Å². The third-order valence-electron chi connectivity index (χ3n) is 5.57. The highest BCUT2D eigenvalue weighted by molar-refractivity contribution is 6.01. The van der Waals surface area contributed by atoms with Gasteiger partial charge in [0.15, 0.2) is 5.78 Å². The molecule has 2 amide bonds. The Kier molecular flexibility index (Phi) is 4.42. The molecule has 2 aliphatic rings. The Morgan fingerprint density at radius 2 is 1.70 bits per heavy atom. The van der Waals surface area contributed by atoms with Crippen LogP contribution in [0.5, 0.6) is 0 Å². The van der Waals surface area contributed by atoms with Gasteiger partial charge >= 0.3 is 0 Å². The molecule has 6 nitrogen and oxygen atoms in total. The molecule has 6 heteroatoms. The lowest BCUT2D eigenvalue weighted by atomic mass is 9.79. The summed E-state index contributed by atoms with van der Waals surface area (Å²) >= 11 is 0. The van der Waals surface area contributed by atoms with Crippen LogP contribution in [0.1, 0.15) is 60.8 Å². The minimum atomic E-state index is -0.249. The molecule has 1 N–H and O–H groups in total. The SMILES string of the molecule is CC1CC(C)c2c(c(CC3CC(=O)NC(=O)C3)nn2-c2ccccc2)C1=O. The lowest BCUT2D eigenvalue weighted by Crippen LogP contribution is -2.39. The number of ketones is 1. The number of nitrogens with one attached hydrogen (secondary N) is 1. The average molecular weight is 365 g/mol. The quantitative estimate of drug-likeness (QED) is 0.848. The smallest absolute Gasteiger partial charge is 0.226 e. The minimum Gasteiger partial charge on any atom is -0.296 e. The number of aromatic nitrogens is 2. The highest BCUT2D eigenvalue weighted by Gasteiger charge is 2.37. The zero-order valence-corrected chi connectivity index (χ0v) is 15.6. The molecule has 2 atom stereocenters. The van der Waals surface area contributed by atoms with Crippen molar-refractivity contribution in [1.82, 2.24) is 15.1 Å². The van der Waals surface area contributed by atoms with Gasteiger partial charge in [-0.05, 0) is 36.8 Å². The van der Waals surface area contributed by atoms with Crippen LogP contribution < -0.4 is 5.32 Å². The van der Waals surface area contributed by atoms with Crippen molar-refractivity contribution in [2.24, 2.45) is 11.8 Å². The lowest BCUT2D eigenvalue weighted by Gasteiger charge is -2.25. The number of nitrogens with zero attached hydrogens (tertiary/aromatic N) is 2. The van der Waals surface area contributed by atoms with Gasteiger partial charge in [-0.2, -0.15) is 5.10 Å². The third-order valence-corrected chi connectivity index (χ3v) is 5.57. The van der Waals surface area contributed by atoms with Crippen LogP contribution in [0.3, 0.4) is 0 Å². The summed E-state index contributed by atoms with van der Waals surface area (Å²) in [5.41, 5.74) is 3.28. The second kappa shape index (κ2) is 6.76. The maximum Gasteiger partial charge on any atom is 0.226 e. The topological polar surface area (TPSA) is 81.1 Å². The molecule has 2 heterocycles. The van der Waals surface area contributed by atoms with Crippen LogP contribution in [0.4, 0.5) is 0 Å². The van der Waals surface area contributed by atoms with Crippen LogP contribution >= 0.6 is 0 Å². The fourth-order valence-electron chi connectivity index (χ4n) is 4.38. The van der Waals surface area contributed by atoms with Gasteiger partial charge in [-0.25, -0.2) is 4.68 Å². The molecule has 0 spiro atoms. The van der Waals surface area contributed by atoms with E-state index in [1.165, 1.54) is 0 Å². The van der Waals surface area contributed by atoms with Gasteiger partial charge in [-0.15, -0.1) is 0 Å². The largest absolute Gasteiger partial charge is 0.296 e. The molecular weight excluding hydrogens is 342 g/mol. The highest BCUT2D eigenvalue weighted by atomic mass is 16.2. The number of Topliss-reactive ketones (excluding diaryl/α,β-unsaturated/α-hetero) is 1. The van der Waals surface area contributed by atoms with E-state index < -0.39 is 0 Å². The first-order valence-electron chi connectivity index (χ1n) is 9.48. The summed E-state index contributed by atoms with van der Waals surface area (Å²) in [5, 5.41) is 7.14. The van der Waals surface area contributed by atoms with Crippen LogP contribution in [-0.2, 0) is 16.0 Å². The molecule has 0 saturated carbocycles. The molecule has 4 rings (SSSR count). The van der Waals surface area contributed by atoms with Gasteiger partial charge in [-0.3, -0.25) is 19.7 Å². The molecule has 1 aliphatic heterocycles. The van der Waals surface area contributed by atoms with Gasteiger partial charge in [0.25, 0.3) is 0 Å². The standard InChI is InChI=1S/C21H23N3O3/c1-12-8-13(2)21(27)19-16(9-14-10-17(25)22-18(26)11-14)23-24(20(12)19)15-6-4-3-5-7-15/h3-7,12-14H,8-11H2,1-2H3,(H,22,25,26). The summed E-state index contributed by atoms with van der Waals surface area (Å²) in [6, 6.07) is 9.80. The Labute approximate surface area is 157 Å². The first-order chi connectivity index (χ1) is 12.9. The number of hydrogen-bond acceptors (Lipinski definition) is 4. The number of carbonyl (C=O) groups is 3. The van der Waals surface area contributed by atoms with E-state index in [-0.39, 0.29) is 48.2 Å². The van der Waals surface area contributed by atoms with Crippen molar-refractivity contribution in [1.29, 1.82) is 0 Å². The van der Waals surface area contributed by atoms with E-state index in [2.05, 4.69) is 12.2 Å². The van der Waals surface area contributed by atoms with Gasteiger partial charge in [0, 0.05) is 18.8 Å². The molecule has 1 aromatic heterocycles. The number of fused-ring (bicyclic) bond motifs is 1. The van der Waals surface area contributed by atoms with Crippen molar-refractivity contribution in [3.8, 4) is 5.69 Å². The minimum absolute atomic E-state index is 0.0454. The summed E-state index contributed by atoms with van der Waals surface area (Å²) in [5.74, 6) is -0.329. The van der Waals surface area contributed by atoms with Crippen molar-refractivity contribution in [3.63, 3.8) is 0 Å². The molecule has 1 aliphatic carbocycles. The zero-order chi connectivity index (χ0) is 19.1. The molecule has 2 aromatic rings. The number of carbonyl (C=O) groups excluding carboxylic acids is 3. The number of benzene rings is 1. The van der Waals surface area contributed by atoms with Crippen molar-refractivity contribution < 1.29 is 14.4 Å². The van der Waals surface area contributed by atoms with Crippen molar-refractivity contribution >= 4 is 17.6 Å². The predicted octanol–water partition coefficient (Wildman–Crippen LogP) is 2.79. The van der Waals surface area contributed by atoms with Crippen LogP contribution in [-0.4, -0.2) is 27.4 Å². The molecule has 1 aromatic carbocycles. The Balaban J connectivity index is 1.79. The molecule has 27 heavy (non-hydrogen) atoms. The number of imide groups is 1. The Hall–Kier alpha value is -2.76. The van der Waals surface area contributed by atoms with E-state index in [0.29, 0.717) is 17.7 Å². The van der Waals surface area contributed by atoms with E-state index in [1.54, 1.807) is 0 Å². The molecule has 0 radical (unpaired) electrons. The monoisotopic (exact) mass is 365 g/mol. The van der Waals surface area contributed by atoms with E-state index >= 15 is 0 Å². The van der Waals surface area contributed by atoms with Gasteiger partial charge in [-0.1, -0.05) is 32.0 Å². The second-order valence-electron chi connectivity index (χ2n) is 7.81. The molecule has 2 unspecified atom stereocenters. The van der Waals surface area contributed by atoms with Crippen molar-refractivity contribution in [3.05, 3.63) is 47.3 Å². The van der Waals surface area contributed by atoms with E-state index in [1.807, 2.05) is 41.9 Å². The Morgan fingerprint density at radius 3 is 2.37 bits per heavy atom. The van der Waals surface area contributed by atoms with Gasteiger partial charge in [0.05, 0.1) is 22.6 Å². The van der Waals surface area contributed by atoms with Crippen LogP contribution in [0.15, 0.2) is 30.3 Å². The molecule has 0 bridgehead atoms. The summed E-state index contributed by atoms with van der Waals surface area (Å²) < 4.78 is 1.88. The van der Waals surface area contributed by atoms with E-state index in [9.17, 15) is 14.4 Å². The maximum absolute atomic E-state index is 13.0.